The van der Waals surface area contributed by atoms with Crippen molar-refractivity contribution in [3.63, 3.8) is 0 Å². The minimum atomic E-state index is -0.979. The Bertz CT molecular complexity index is 439. The fourth-order valence-electron chi connectivity index (χ4n) is 1.57. The number of halogens is 1. The van der Waals surface area contributed by atoms with E-state index in [1.807, 2.05) is 30.3 Å². The summed E-state index contributed by atoms with van der Waals surface area (Å²) in [5.41, 5.74) is -0.202. The molecule has 1 aromatic rings. The minimum absolute atomic E-state index is 0.244. The molecule has 1 rings (SSSR count). The molecule has 0 saturated heterocycles. The third-order valence-electron chi connectivity index (χ3n) is 2.68. The second kappa shape index (κ2) is 5.30. The number of nitriles is 1. The number of carbonyl (C=O) groups is 1. The SMILES string of the molecule is CC(CCC#N)(C(=O)O)c1ccccc1I. The molecule has 1 unspecified atom stereocenters. The molecule has 0 saturated carbocycles. The molecule has 1 atom stereocenters. The van der Waals surface area contributed by atoms with Gasteiger partial charge in [-0.1, -0.05) is 18.2 Å². The van der Waals surface area contributed by atoms with Crippen LogP contribution in [0.5, 0.6) is 0 Å². The number of nitrogens with zero attached hydrogens (tertiary/aromatic N) is 1. The monoisotopic (exact) mass is 329 g/mol. The van der Waals surface area contributed by atoms with E-state index in [0.717, 1.165) is 9.13 Å². The summed E-state index contributed by atoms with van der Waals surface area (Å²) < 4.78 is 0.919. The normalized spacial score (nSPS) is 13.8. The lowest BCUT2D eigenvalue weighted by Crippen LogP contribution is -2.33. The Morgan fingerprint density at radius 3 is 2.69 bits per heavy atom. The molecule has 4 heteroatoms. The van der Waals surface area contributed by atoms with Crippen molar-refractivity contribution < 1.29 is 9.90 Å². The van der Waals surface area contributed by atoms with Crippen LogP contribution < -0.4 is 0 Å². The van der Waals surface area contributed by atoms with Crippen LogP contribution in [0, 0.1) is 14.9 Å². The van der Waals surface area contributed by atoms with Gasteiger partial charge in [0.2, 0.25) is 0 Å². The van der Waals surface area contributed by atoms with Crippen molar-refractivity contribution in [2.75, 3.05) is 0 Å². The number of carboxylic acids is 1. The molecule has 16 heavy (non-hydrogen) atoms. The van der Waals surface area contributed by atoms with Crippen molar-refractivity contribution in [2.24, 2.45) is 0 Å². The van der Waals surface area contributed by atoms with E-state index in [0.29, 0.717) is 6.42 Å². The second-order valence-electron chi connectivity index (χ2n) is 3.78. The molecule has 1 N–H and O–H groups in total. The zero-order valence-corrected chi connectivity index (χ0v) is 11.1. The van der Waals surface area contributed by atoms with Gasteiger partial charge in [0.15, 0.2) is 0 Å². The maximum Gasteiger partial charge on any atom is 0.313 e. The summed E-state index contributed by atoms with van der Waals surface area (Å²) in [4.78, 5) is 11.4. The van der Waals surface area contributed by atoms with Gasteiger partial charge in [0.1, 0.15) is 0 Å². The van der Waals surface area contributed by atoms with Crippen LogP contribution in [-0.4, -0.2) is 11.1 Å². The van der Waals surface area contributed by atoms with Crippen LogP contribution in [0.25, 0.3) is 0 Å². The van der Waals surface area contributed by atoms with Gasteiger partial charge in [0.05, 0.1) is 11.5 Å². The van der Waals surface area contributed by atoms with Crippen LogP contribution >= 0.6 is 22.6 Å². The van der Waals surface area contributed by atoms with E-state index in [-0.39, 0.29) is 6.42 Å². The van der Waals surface area contributed by atoms with E-state index in [1.54, 1.807) is 6.92 Å². The zero-order valence-electron chi connectivity index (χ0n) is 8.90. The van der Waals surface area contributed by atoms with Gasteiger partial charge in [-0.15, -0.1) is 0 Å². The molecule has 0 heterocycles. The molecule has 0 spiro atoms. The van der Waals surface area contributed by atoms with Gasteiger partial charge in [-0.3, -0.25) is 4.79 Å². The quantitative estimate of drug-likeness (QED) is 0.864. The lowest BCUT2D eigenvalue weighted by Gasteiger charge is -2.25. The molecule has 0 aliphatic carbocycles. The summed E-state index contributed by atoms with van der Waals surface area (Å²) in [5, 5.41) is 17.9. The van der Waals surface area contributed by atoms with E-state index in [9.17, 15) is 9.90 Å². The summed E-state index contributed by atoms with van der Waals surface area (Å²) in [6.45, 7) is 1.67. The first-order valence-electron chi connectivity index (χ1n) is 4.87. The predicted octanol–water partition coefficient (Wildman–Crippen LogP) is 2.94. The number of rotatable bonds is 4. The molecule has 0 radical (unpaired) electrons. The van der Waals surface area contributed by atoms with E-state index >= 15 is 0 Å². The summed E-state index contributed by atoms with van der Waals surface area (Å²) in [6, 6.07) is 9.39. The Kier molecular flexibility index (Phi) is 4.30. The Hall–Kier alpha value is -1.09. The Morgan fingerprint density at radius 2 is 2.19 bits per heavy atom. The predicted molar refractivity (Wildman–Crippen MR) is 69.0 cm³/mol. The van der Waals surface area contributed by atoms with Gasteiger partial charge in [0, 0.05) is 9.99 Å². The molecule has 0 aliphatic rings. The zero-order chi connectivity index (χ0) is 12.2. The van der Waals surface area contributed by atoms with Gasteiger partial charge >= 0.3 is 5.97 Å². The molecule has 0 aromatic heterocycles. The summed E-state index contributed by atoms with van der Waals surface area (Å²) in [6.07, 6.45) is 0.576. The van der Waals surface area contributed by atoms with E-state index < -0.39 is 11.4 Å². The fourth-order valence-corrected chi connectivity index (χ4v) is 2.55. The fraction of sp³-hybridized carbons (Fsp3) is 0.333. The van der Waals surface area contributed by atoms with Gasteiger partial charge in [-0.2, -0.15) is 5.26 Å². The van der Waals surface area contributed by atoms with Crippen LogP contribution in [0.2, 0.25) is 0 Å². The lowest BCUT2D eigenvalue weighted by atomic mass is 9.79. The first-order chi connectivity index (χ1) is 7.52. The Morgan fingerprint density at radius 1 is 1.56 bits per heavy atom. The molecule has 0 fully saturated rings. The van der Waals surface area contributed by atoms with Crippen molar-refractivity contribution in [1.82, 2.24) is 0 Å². The van der Waals surface area contributed by atoms with Crippen LogP contribution in [0.3, 0.4) is 0 Å². The average Bonchev–Trinajstić information content (AvgIpc) is 2.26. The standard InChI is InChI=1S/C12H12INO2/c1-12(11(15)16,7-4-8-14)9-5-2-3-6-10(9)13/h2-3,5-6H,4,7H2,1H3,(H,15,16). The van der Waals surface area contributed by atoms with Crippen LogP contribution in [0.15, 0.2) is 24.3 Å². The highest BCUT2D eigenvalue weighted by Crippen LogP contribution is 2.32. The lowest BCUT2D eigenvalue weighted by molar-refractivity contribution is -0.143. The number of benzene rings is 1. The van der Waals surface area contributed by atoms with Gasteiger partial charge in [-0.25, -0.2) is 0 Å². The number of carboxylic acid groups (broad SMARTS) is 1. The Labute approximate surface area is 108 Å². The van der Waals surface area contributed by atoms with Crippen LogP contribution in [0.4, 0.5) is 0 Å². The van der Waals surface area contributed by atoms with Crippen molar-refractivity contribution >= 4 is 28.6 Å². The Balaban J connectivity index is 3.17. The van der Waals surface area contributed by atoms with Gasteiger partial charge in [-0.05, 0) is 47.6 Å². The van der Waals surface area contributed by atoms with E-state index in [4.69, 9.17) is 5.26 Å². The molecular formula is C12H12INO2. The van der Waals surface area contributed by atoms with Crippen LogP contribution in [0.1, 0.15) is 25.3 Å². The minimum Gasteiger partial charge on any atom is -0.481 e. The third kappa shape index (κ3) is 2.53. The molecule has 3 nitrogen and oxygen atoms in total. The average molecular weight is 329 g/mol. The highest BCUT2D eigenvalue weighted by molar-refractivity contribution is 14.1. The van der Waals surface area contributed by atoms with E-state index in [1.165, 1.54) is 0 Å². The summed E-state index contributed by atoms with van der Waals surface area (Å²) in [5.74, 6) is -0.883. The van der Waals surface area contributed by atoms with Crippen LogP contribution in [-0.2, 0) is 10.2 Å². The molecule has 1 aromatic carbocycles. The first kappa shape index (κ1) is 13.0. The largest absolute Gasteiger partial charge is 0.481 e. The smallest absolute Gasteiger partial charge is 0.313 e. The second-order valence-corrected chi connectivity index (χ2v) is 4.94. The maximum absolute atomic E-state index is 11.4. The topological polar surface area (TPSA) is 61.1 Å². The maximum atomic E-state index is 11.4. The van der Waals surface area contributed by atoms with Crippen molar-refractivity contribution in [2.45, 2.75) is 25.2 Å². The molecule has 84 valence electrons. The first-order valence-corrected chi connectivity index (χ1v) is 5.95. The summed E-state index contributed by atoms with van der Waals surface area (Å²) >= 11 is 2.12. The van der Waals surface area contributed by atoms with Crippen molar-refractivity contribution in [3.05, 3.63) is 33.4 Å². The number of hydrogen-bond donors (Lipinski definition) is 1. The molecular weight excluding hydrogens is 317 g/mol. The van der Waals surface area contributed by atoms with Crippen molar-refractivity contribution in [1.29, 1.82) is 5.26 Å². The molecule has 0 aliphatic heterocycles. The van der Waals surface area contributed by atoms with Gasteiger partial charge < -0.3 is 5.11 Å². The summed E-state index contributed by atoms with van der Waals surface area (Å²) in [7, 11) is 0. The highest BCUT2D eigenvalue weighted by Gasteiger charge is 2.36. The number of hydrogen-bond acceptors (Lipinski definition) is 2. The van der Waals surface area contributed by atoms with Gasteiger partial charge in [0.25, 0.3) is 0 Å². The number of aliphatic carboxylic acids is 1. The molecule has 0 bridgehead atoms. The third-order valence-corrected chi connectivity index (χ3v) is 3.62. The van der Waals surface area contributed by atoms with E-state index in [2.05, 4.69) is 22.6 Å². The molecule has 0 amide bonds. The highest BCUT2D eigenvalue weighted by atomic mass is 127. The van der Waals surface area contributed by atoms with Crippen molar-refractivity contribution in [3.8, 4) is 6.07 Å².